The fourth-order valence-corrected chi connectivity index (χ4v) is 4.81. The molecule has 4 heterocycles. The molecule has 4 rings (SSSR count). The van der Waals surface area contributed by atoms with E-state index < -0.39 is 0 Å². The van der Waals surface area contributed by atoms with Crippen LogP contribution in [0, 0.1) is 13.8 Å². The van der Waals surface area contributed by atoms with E-state index in [1.54, 1.807) is 0 Å². The van der Waals surface area contributed by atoms with Crippen molar-refractivity contribution < 1.29 is 14.3 Å². The van der Waals surface area contributed by atoms with E-state index in [1.807, 2.05) is 9.80 Å². The predicted molar refractivity (Wildman–Crippen MR) is 118 cm³/mol. The monoisotopic (exact) mass is 429 g/mol. The van der Waals surface area contributed by atoms with Crippen molar-refractivity contribution in [3.8, 4) is 0 Å². The fourth-order valence-electron chi connectivity index (χ4n) is 4.81. The third-order valence-electron chi connectivity index (χ3n) is 6.89. The molecule has 0 spiro atoms. The van der Waals surface area contributed by atoms with Crippen LogP contribution in [0.1, 0.15) is 61.5 Å². The molecule has 3 aliphatic heterocycles. The maximum Gasteiger partial charge on any atom is 0.222 e. The minimum Gasteiger partial charge on any atom is -0.378 e. The second kappa shape index (κ2) is 9.94. The molecule has 0 atom stereocenters. The van der Waals surface area contributed by atoms with Gasteiger partial charge < -0.3 is 19.4 Å². The average Bonchev–Trinajstić information content (AvgIpc) is 3.21. The highest BCUT2D eigenvalue weighted by Crippen LogP contribution is 2.30. The lowest BCUT2D eigenvalue weighted by atomic mass is 9.95. The number of rotatable bonds is 6. The second-order valence-electron chi connectivity index (χ2n) is 8.96. The third kappa shape index (κ3) is 5.17. The van der Waals surface area contributed by atoms with Crippen molar-refractivity contribution in [1.29, 1.82) is 0 Å². The molecule has 0 radical (unpaired) electrons. The van der Waals surface area contributed by atoms with Crippen molar-refractivity contribution in [2.75, 3.05) is 57.4 Å². The minimum absolute atomic E-state index is 0.208. The number of morpholine rings is 1. The van der Waals surface area contributed by atoms with Crippen LogP contribution in [0.4, 0.5) is 5.82 Å². The van der Waals surface area contributed by atoms with E-state index in [-0.39, 0.29) is 11.8 Å². The molecule has 2 amide bonds. The van der Waals surface area contributed by atoms with E-state index in [1.165, 1.54) is 0 Å². The first-order valence-corrected chi connectivity index (χ1v) is 11.8. The van der Waals surface area contributed by atoms with Crippen LogP contribution >= 0.6 is 0 Å². The molecule has 0 aromatic carbocycles. The maximum absolute atomic E-state index is 12.6. The van der Waals surface area contributed by atoms with Crippen LogP contribution in [0.3, 0.4) is 0 Å². The summed E-state index contributed by atoms with van der Waals surface area (Å²) in [6, 6.07) is 0. The number of hydrogen-bond donors (Lipinski definition) is 0. The van der Waals surface area contributed by atoms with Gasteiger partial charge in [0, 0.05) is 69.3 Å². The van der Waals surface area contributed by atoms with Gasteiger partial charge in [-0.1, -0.05) is 0 Å². The Morgan fingerprint density at radius 3 is 2.48 bits per heavy atom. The number of nitrogens with zero attached hydrogens (tertiary/aromatic N) is 5. The Morgan fingerprint density at radius 1 is 1.06 bits per heavy atom. The first-order valence-electron chi connectivity index (χ1n) is 11.8. The molecule has 8 nitrogen and oxygen atoms in total. The molecule has 0 bridgehead atoms. The van der Waals surface area contributed by atoms with Gasteiger partial charge >= 0.3 is 0 Å². The molecule has 1 aromatic rings. The molecule has 8 heteroatoms. The third-order valence-corrected chi connectivity index (χ3v) is 6.89. The van der Waals surface area contributed by atoms with Gasteiger partial charge in [0.05, 0.1) is 13.2 Å². The van der Waals surface area contributed by atoms with Gasteiger partial charge in [0.15, 0.2) is 0 Å². The van der Waals surface area contributed by atoms with Crippen molar-refractivity contribution in [2.24, 2.45) is 0 Å². The van der Waals surface area contributed by atoms with Crippen LogP contribution < -0.4 is 4.90 Å². The zero-order valence-corrected chi connectivity index (χ0v) is 18.9. The minimum atomic E-state index is 0.208. The lowest BCUT2D eigenvalue weighted by Crippen LogP contribution is -2.39. The van der Waals surface area contributed by atoms with Gasteiger partial charge in [-0.15, -0.1) is 0 Å². The number of hydrogen-bond acceptors (Lipinski definition) is 6. The van der Waals surface area contributed by atoms with Crippen LogP contribution in [0.5, 0.6) is 0 Å². The number of piperidine rings is 1. The van der Waals surface area contributed by atoms with Gasteiger partial charge in [-0.2, -0.15) is 0 Å². The standard InChI is InChI=1S/C23H35N5O3/c1-17-18(2)24-22(25-23(17)28-13-15-31-16-14-28)19-7-11-27(12-8-19)21(30)6-4-10-26-9-3-5-20(26)29/h19H,3-16H2,1-2H3. The van der Waals surface area contributed by atoms with E-state index in [4.69, 9.17) is 14.7 Å². The summed E-state index contributed by atoms with van der Waals surface area (Å²) in [6.07, 6.45) is 4.70. The van der Waals surface area contributed by atoms with E-state index >= 15 is 0 Å². The number of anilines is 1. The molecule has 0 saturated carbocycles. The molecule has 3 fully saturated rings. The first-order chi connectivity index (χ1) is 15.0. The number of likely N-dealkylation sites (tertiary alicyclic amines) is 2. The van der Waals surface area contributed by atoms with E-state index in [0.717, 1.165) is 94.5 Å². The summed E-state index contributed by atoms with van der Waals surface area (Å²) in [4.78, 5) is 40.3. The SMILES string of the molecule is Cc1nc(C2CCN(C(=O)CCCN3CCCC3=O)CC2)nc(N2CCOCC2)c1C. The molecule has 170 valence electrons. The topological polar surface area (TPSA) is 78.9 Å². The summed E-state index contributed by atoms with van der Waals surface area (Å²) in [5.74, 6) is 2.70. The zero-order valence-electron chi connectivity index (χ0n) is 18.9. The number of carbonyl (C=O) groups excluding carboxylic acids is 2. The quantitative estimate of drug-likeness (QED) is 0.689. The van der Waals surface area contributed by atoms with E-state index in [0.29, 0.717) is 25.3 Å². The zero-order chi connectivity index (χ0) is 21.8. The van der Waals surface area contributed by atoms with Gasteiger partial charge in [0.1, 0.15) is 11.6 Å². The molecule has 0 N–H and O–H groups in total. The second-order valence-corrected chi connectivity index (χ2v) is 8.96. The summed E-state index contributed by atoms with van der Waals surface area (Å²) < 4.78 is 5.49. The number of aryl methyl sites for hydroxylation is 1. The molecule has 0 aliphatic carbocycles. The van der Waals surface area contributed by atoms with Crippen molar-refractivity contribution in [2.45, 2.75) is 58.3 Å². The van der Waals surface area contributed by atoms with Crippen molar-refractivity contribution >= 4 is 17.6 Å². The molecule has 1 aromatic heterocycles. The lowest BCUT2D eigenvalue weighted by molar-refractivity contribution is -0.133. The van der Waals surface area contributed by atoms with Gasteiger partial charge in [0.2, 0.25) is 11.8 Å². The predicted octanol–water partition coefficient (Wildman–Crippen LogP) is 2.04. The Bertz CT molecular complexity index is 801. The highest BCUT2D eigenvalue weighted by molar-refractivity contribution is 5.78. The molecule has 0 unspecified atom stereocenters. The van der Waals surface area contributed by atoms with E-state index in [2.05, 4.69) is 18.7 Å². The average molecular weight is 430 g/mol. The van der Waals surface area contributed by atoms with Crippen LogP contribution in [0.15, 0.2) is 0 Å². The van der Waals surface area contributed by atoms with Gasteiger partial charge in [-0.05, 0) is 39.5 Å². The molecule has 31 heavy (non-hydrogen) atoms. The van der Waals surface area contributed by atoms with Crippen molar-refractivity contribution in [3.63, 3.8) is 0 Å². The summed E-state index contributed by atoms with van der Waals surface area (Å²) >= 11 is 0. The largest absolute Gasteiger partial charge is 0.378 e. The Kier molecular flexibility index (Phi) is 7.05. The first kappa shape index (κ1) is 22.0. The fraction of sp³-hybridized carbons (Fsp3) is 0.739. The lowest BCUT2D eigenvalue weighted by Gasteiger charge is -2.33. The van der Waals surface area contributed by atoms with Gasteiger partial charge in [-0.25, -0.2) is 9.97 Å². The highest BCUT2D eigenvalue weighted by atomic mass is 16.5. The summed E-state index contributed by atoms with van der Waals surface area (Å²) in [5, 5.41) is 0. The summed E-state index contributed by atoms with van der Waals surface area (Å²) in [7, 11) is 0. The molecule has 3 aliphatic rings. The van der Waals surface area contributed by atoms with Gasteiger partial charge in [0.25, 0.3) is 0 Å². The number of amides is 2. The van der Waals surface area contributed by atoms with Crippen LogP contribution in [0.2, 0.25) is 0 Å². The molecule has 3 saturated heterocycles. The Balaban J connectivity index is 1.30. The smallest absolute Gasteiger partial charge is 0.222 e. The normalized spacial score (nSPS) is 20.6. The summed E-state index contributed by atoms with van der Waals surface area (Å²) in [6.45, 7) is 10.5. The van der Waals surface area contributed by atoms with Crippen LogP contribution in [0.25, 0.3) is 0 Å². The van der Waals surface area contributed by atoms with Crippen molar-refractivity contribution in [3.05, 3.63) is 17.1 Å². The highest BCUT2D eigenvalue weighted by Gasteiger charge is 2.28. The molecular formula is C23H35N5O3. The van der Waals surface area contributed by atoms with Gasteiger partial charge in [-0.3, -0.25) is 9.59 Å². The maximum atomic E-state index is 12.6. The number of aromatic nitrogens is 2. The molecular weight excluding hydrogens is 394 g/mol. The Hall–Kier alpha value is -2.22. The summed E-state index contributed by atoms with van der Waals surface area (Å²) in [5.41, 5.74) is 2.19. The van der Waals surface area contributed by atoms with Crippen LogP contribution in [-0.4, -0.2) is 84.1 Å². The van der Waals surface area contributed by atoms with Crippen LogP contribution in [-0.2, 0) is 14.3 Å². The number of carbonyl (C=O) groups is 2. The van der Waals surface area contributed by atoms with Crippen molar-refractivity contribution in [1.82, 2.24) is 19.8 Å². The Labute approximate surface area is 185 Å². The Morgan fingerprint density at radius 2 is 1.81 bits per heavy atom. The number of ether oxygens (including phenoxy) is 1. The van der Waals surface area contributed by atoms with E-state index in [9.17, 15) is 9.59 Å².